The van der Waals surface area contributed by atoms with Crippen molar-refractivity contribution >= 4 is 5.91 Å². The molecule has 8 heteroatoms. The monoisotopic (exact) mass is 347 g/mol. The predicted molar refractivity (Wildman–Crippen MR) is 89.9 cm³/mol. The maximum absolute atomic E-state index is 12.6. The molecule has 3 rings (SSSR count). The van der Waals surface area contributed by atoms with Gasteiger partial charge in [0.15, 0.2) is 5.82 Å². The van der Waals surface area contributed by atoms with Crippen LogP contribution in [0.15, 0.2) is 15.1 Å². The van der Waals surface area contributed by atoms with Crippen molar-refractivity contribution in [1.82, 2.24) is 25.1 Å². The third-order valence-corrected chi connectivity index (χ3v) is 4.66. The Morgan fingerprint density at radius 3 is 2.76 bits per heavy atom. The second kappa shape index (κ2) is 7.77. The average Bonchev–Trinajstić information content (AvgIpc) is 3.13. The van der Waals surface area contributed by atoms with E-state index in [0.29, 0.717) is 36.6 Å². The second-order valence-electron chi connectivity index (χ2n) is 6.50. The summed E-state index contributed by atoms with van der Waals surface area (Å²) >= 11 is 0. The number of hydrogen-bond donors (Lipinski definition) is 0. The van der Waals surface area contributed by atoms with Crippen LogP contribution in [0.3, 0.4) is 0 Å². The van der Waals surface area contributed by atoms with E-state index < -0.39 is 0 Å². The molecule has 1 saturated heterocycles. The van der Waals surface area contributed by atoms with Gasteiger partial charge in [-0.2, -0.15) is 4.98 Å². The summed E-state index contributed by atoms with van der Waals surface area (Å²) < 4.78 is 10.2. The van der Waals surface area contributed by atoms with Gasteiger partial charge in [-0.25, -0.2) is 0 Å². The molecular formula is C17H25N5O3. The number of aromatic nitrogens is 3. The van der Waals surface area contributed by atoms with E-state index in [2.05, 4.69) is 27.1 Å². The minimum atomic E-state index is -0.0712. The van der Waals surface area contributed by atoms with E-state index in [1.807, 2.05) is 11.8 Å². The Kier molecular flexibility index (Phi) is 5.47. The summed E-state index contributed by atoms with van der Waals surface area (Å²) in [7, 11) is 0. The highest BCUT2D eigenvalue weighted by atomic mass is 16.5. The van der Waals surface area contributed by atoms with E-state index in [1.165, 1.54) is 0 Å². The van der Waals surface area contributed by atoms with Crippen molar-refractivity contribution in [2.45, 2.75) is 52.6 Å². The predicted octanol–water partition coefficient (Wildman–Crippen LogP) is 2.19. The van der Waals surface area contributed by atoms with Crippen molar-refractivity contribution < 1.29 is 13.8 Å². The van der Waals surface area contributed by atoms with Crippen molar-refractivity contribution in [3.8, 4) is 0 Å². The fourth-order valence-electron chi connectivity index (χ4n) is 3.35. The van der Waals surface area contributed by atoms with Gasteiger partial charge < -0.3 is 13.9 Å². The van der Waals surface area contributed by atoms with Crippen LogP contribution in [0, 0.1) is 13.8 Å². The number of carbonyl (C=O) groups is 1. The Bertz CT molecular complexity index is 711. The molecule has 1 aliphatic rings. The lowest BCUT2D eigenvalue weighted by Gasteiger charge is -2.28. The van der Waals surface area contributed by atoms with Crippen molar-refractivity contribution in [2.24, 2.45) is 0 Å². The molecule has 3 heterocycles. The molecule has 0 aliphatic carbocycles. The van der Waals surface area contributed by atoms with E-state index >= 15 is 0 Å². The number of nitrogens with zero attached hydrogens (tertiary/aromatic N) is 5. The van der Waals surface area contributed by atoms with Crippen LogP contribution in [0.1, 0.15) is 54.2 Å². The highest BCUT2D eigenvalue weighted by molar-refractivity contribution is 5.91. The molecule has 0 saturated carbocycles. The van der Waals surface area contributed by atoms with Crippen LogP contribution in [-0.4, -0.2) is 56.7 Å². The first-order valence-electron chi connectivity index (χ1n) is 8.82. The average molecular weight is 347 g/mol. The van der Waals surface area contributed by atoms with Gasteiger partial charge >= 0.3 is 0 Å². The molecule has 1 unspecified atom stereocenters. The fourth-order valence-corrected chi connectivity index (χ4v) is 3.35. The summed E-state index contributed by atoms with van der Waals surface area (Å²) in [5.41, 5.74) is 0.726. The second-order valence-corrected chi connectivity index (χ2v) is 6.50. The number of hydrogen-bond acceptors (Lipinski definition) is 7. The van der Waals surface area contributed by atoms with Crippen molar-refractivity contribution in [2.75, 3.05) is 19.6 Å². The third kappa shape index (κ3) is 4.25. The molecular weight excluding hydrogens is 322 g/mol. The van der Waals surface area contributed by atoms with Gasteiger partial charge in [0.1, 0.15) is 0 Å². The number of aryl methyl sites for hydroxylation is 2. The van der Waals surface area contributed by atoms with Crippen LogP contribution in [0.2, 0.25) is 0 Å². The summed E-state index contributed by atoms with van der Waals surface area (Å²) in [6.45, 7) is 8.79. The number of rotatable bonds is 5. The molecule has 136 valence electrons. The zero-order valence-corrected chi connectivity index (χ0v) is 15.1. The summed E-state index contributed by atoms with van der Waals surface area (Å²) in [5, 5.41) is 7.80. The normalized spacial score (nSPS) is 18.6. The quantitative estimate of drug-likeness (QED) is 0.819. The van der Waals surface area contributed by atoms with Crippen LogP contribution in [-0.2, 0) is 6.54 Å². The van der Waals surface area contributed by atoms with Crippen LogP contribution in [0.4, 0.5) is 0 Å². The SMILES string of the molecule is CCN(Cc1noc(C)n1)C1CCCN(C(=O)c2cc(C)no2)CC1. The van der Waals surface area contributed by atoms with Gasteiger partial charge in [0.25, 0.3) is 5.91 Å². The molecule has 8 nitrogen and oxygen atoms in total. The Morgan fingerprint density at radius 1 is 1.28 bits per heavy atom. The Balaban J connectivity index is 1.60. The topological polar surface area (TPSA) is 88.5 Å². The third-order valence-electron chi connectivity index (χ3n) is 4.66. The molecule has 1 amide bonds. The highest BCUT2D eigenvalue weighted by Crippen LogP contribution is 2.20. The summed E-state index contributed by atoms with van der Waals surface area (Å²) in [6.07, 6.45) is 2.93. The molecule has 1 atom stereocenters. The van der Waals surface area contributed by atoms with Crippen molar-refractivity contribution in [3.63, 3.8) is 0 Å². The minimum Gasteiger partial charge on any atom is -0.351 e. The summed E-state index contributed by atoms with van der Waals surface area (Å²) in [5.74, 6) is 1.56. The molecule has 0 bridgehead atoms. The first-order chi connectivity index (χ1) is 12.1. The Labute approximate surface area is 147 Å². The molecule has 1 aliphatic heterocycles. The van der Waals surface area contributed by atoms with E-state index in [4.69, 9.17) is 9.05 Å². The van der Waals surface area contributed by atoms with Gasteiger partial charge in [-0.15, -0.1) is 0 Å². The van der Waals surface area contributed by atoms with Crippen LogP contribution < -0.4 is 0 Å². The van der Waals surface area contributed by atoms with Crippen molar-refractivity contribution in [3.05, 3.63) is 29.2 Å². The summed E-state index contributed by atoms with van der Waals surface area (Å²) in [6, 6.07) is 2.10. The highest BCUT2D eigenvalue weighted by Gasteiger charge is 2.27. The molecule has 0 spiro atoms. The van der Waals surface area contributed by atoms with Crippen molar-refractivity contribution in [1.29, 1.82) is 0 Å². The first kappa shape index (κ1) is 17.6. The van der Waals surface area contributed by atoms with Gasteiger partial charge in [-0.05, 0) is 32.7 Å². The van der Waals surface area contributed by atoms with E-state index in [1.54, 1.807) is 13.0 Å². The maximum atomic E-state index is 12.6. The van der Waals surface area contributed by atoms with Gasteiger partial charge in [-0.3, -0.25) is 9.69 Å². The molecule has 2 aromatic heterocycles. The Hall–Kier alpha value is -2.22. The molecule has 1 fully saturated rings. The number of likely N-dealkylation sites (tertiary alicyclic amines) is 1. The van der Waals surface area contributed by atoms with Crippen LogP contribution >= 0.6 is 0 Å². The van der Waals surface area contributed by atoms with E-state index in [9.17, 15) is 4.79 Å². The van der Waals surface area contributed by atoms with Gasteiger partial charge in [-0.1, -0.05) is 17.2 Å². The smallest absolute Gasteiger partial charge is 0.292 e. The molecule has 0 radical (unpaired) electrons. The minimum absolute atomic E-state index is 0.0712. The zero-order valence-electron chi connectivity index (χ0n) is 15.1. The van der Waals surface area contributed by atoms with E-state index in [0.717, 1.165) is 38.0 Å². The van der Waals surface area contributed by atoms with Gasteiger partial charge in [0.2, 0.25) is 11.7 Å². The Morgan fingerprint density at radius 2 is 2.12 bits per heavy atom. The zero-order chi connectivity index (χ0) is 17.8. The lowest BCUT2D eigenvalue weighted by Crippen LogP contribution is -2.37. The lowest BCUT2D eigenvalue weighted by molar-refractivity contribution is 0.0714. The van der Waals surface area contributed by atoms with Gasteiger partial charge in [0.05, 0.1) is 12.2 Å². The van der Waals surface area contributed by atoms with Crippen LogP contribution in [0.5, 0.6) is 0 Å². The largest absolute Gasteiger partial charge is 0.351 e. The molecule has 0 aromatic carbocycles. The summed E-state index contributed by atoms with van der Waals surface area (Å²) in [4.78, 5) is 21.1. The van der Waals surface area contributed by atoms with Gasteiger partial charge in [0, 0.05) is 32.1 Å². The number of amides is 1. The standard InChI is InChI=1S/C17H25N5O3/c1-4-21(11-16-18-13(3)24-20-16)14-6-5-8-22(9-7-14)17(23)15-10-12(2)19-25-15/h10,14H,4-9,11H2,1-3H3. The first-order valence-corrected chi connectivity index (χ1v) is 8.82. The fraction of sp³-hybridized carbons (Fsp3) is 0.647. The molecule has 0 N–H and O–H groups in total. The molecule has 2 aromatic rings. The molecule has 25 heavy (non-hydrogen) atoms. The van der Waals surface area contributed by atoms with Crippen LogP contribution in [0.25, 0.3) is 0 Å². The van der Waals surface area contributed by atoms with E-state index in [-0.39, 0.29) is 5.91 Å². The number of carbonyl (C=O) groups excluding carboxylic acids is 1. The maximum Gasteiger partial charge on any atom is 0.292 e. The lowest BCUT2D eigenvalue weighted by atomic mass is 10.1.